The van der Waals surface area contributed by atoms with Crippen LogP contribution in [-0.4, -0.2) is 5.54 Å². The highest BCUT2D eigenvalue weighted by Crippen LogP contribution is 2.29. The van der Waals surface area contributed by atoms with Crippen molar-refractivity contribution in [1.29, 1.82) is 0 Å². The second-order valence-electron chi connectivity index (χ2n) is 5.06. The summed E-state index contributed by atoms with van der Waals surface area (Å²) in [5.74, 6) is 2.07. The summed E-state index contributed by atoms with van der Waals surface area (Å²) in [6.45, 7) is 7.33. The summed E-state index contributed by atoms with van der Waals surface area (Å²) in [4.78, 5) is 0. The van der Waals surface area contributed by atoms with Crippen molar-refractivity contribution in [3.63, 3.8) is 0 Å². The molecule has 0 bridgehead atoms. The van der Waals surface area contributed by atoms with E-state index in [-0.39, 0.29) is 0 Å². The topological polar surface area (TPSA) is 25.2 Å². The summed E-state index contributed by atoms with van der Waals surface area (Å²) < 4.78 is 5.52. The second kappa shape index (κ2) is 4.01. The van der Waals surface area contributed by atoms with Gasteiger partial charge in [-0.3, -0.25) is 0 Å². The molecule has 0 spiro atoms. The van der Waals surface area contributed by atoms with E-state index in [0.717, 1.165) is 18.1 Å². The van der Waals surface area contributed by atoms with E-state index in [1.54, 1.807) is 0 Å². The molecule has 0 amide bonds. The predicted molar refractivity (Wildman–Crippen MR) is 61.9 cm³/mol. The zero-order valence-electron chi connectivity index (χ0n) is 10.0. The molecule has 0 saturated heterocycles. The zero-order valence-corrected chi connectivity index (χ0v) is 10.0. The van der Waals surface area contributed by atoms with E-state index in [0.29, 0.717) is 5.54 Å². The van der Waals surface area contributed by atoms with Crippen LogP contribution in [0.3, 0.4) is 0 Å². The van der Waals surface area contributed by atoms with E-state index in [4.69, 9.17) is 4.42 Å². The van der Waals surface area contributed by atoms with Gasteiger partial charge in [0, 0.05) is 17.6 Å². The Bertz CT molecular complexity index is 334. The molecule has 1 aliphatic rings. The molecule has 0 atom stereocenters. The lowest BCUT2D eigenvalue weighted by atomic mass is 10.0. The van der Waals surface area contributed by atoms with E-state index in [2.05, 4.69) is 18.3 Å². The highest BCUT2D eigenvalue weighted by Gasteiger charge is 2.27. The third kappa shape index (κ3) is 2.43. The van der Waals surface area contributed by atoms with Gasteiger partial charge in [0.2, 0.25) is 0 Å². The fraction of sp³-hybridized carbons (Fsp3) is 0.692. The quantitative estimate of drug-likeness (QED) is 0.822. The largest absolute Gasteiger partial charge is 0.466 e. The Morgan fingerprint density at radius 3 is 2.53 bits per heavy atom. The molecule has 0 aromatic carbocycles. The molecular weight excluding hydrogens is 186 g/mol. The van der Waals surface area contributed by atoms with Gasteiger partial charge in [-0.1, -0.05) is 12.8 Å². The first-order valence-electron chi connectivity index (χ1n) is 5.90. The molecule has 15 heavy (non-hydrogen) atoms. The van der Waals surface area contributed by atoms with E-state index in [1.807, 2.05) is 13.8 Å². The van der Waals surface area contributed by atoms with Crippen LogP contribution in [0.2, 0.25) is 0 Å². The first kappa shape index (κ1) is 10.7. The molecule has 1 heterocycles. The second-order valence-corrected chi connectivity index (χ2v) is 5.06. The fourth-order valence-corrected chi connectivity index (χ4v) is 2.50. The van der Waals surface area contributed by atoms with Crippen LogP contribution in [0.1, 0.15) is 49.7 Å². The lowest BCUT2D eigenvalue weighted by molar-refractivity contribution is 0.361. The van der Waals surface area contributed by atoms with Crippen molar-refractivity contribution >= 4 is 0 Å². The smallest absolute Gasteiger partial charge is 0.105 e. The minimum Gasteiger partial charge on any atom is -0.466 e. The van der Waals surface area contributed by atoms with Crippen molar-refractivity contribution < 1.29 is 4.42 Å². The van der Waals surface area contributed by atoms with Gasteiger partial charge in [-0.2, -0.15) is 0 Å². The maximum Gasteiger partial charge on any atom is 0.105 e. The maximum atomic E-state index is 5.52. The molecule has 1 N–H and O–H groups in total. The molecule has 1 fully saturated rings. The van der Waals surface area contributed by atoms with Gasteiger partial charge in [-0.15, -0.1) is 0 Å². The summed E-state index contributed by atoms with van der Waals surface area (Å²) >= 11 is 0. The Labute approximate surface area is 92.1 Å². The van der Waals surface area contributed by atoms with Crippen molar-refractivity contribution in [3.8, 4) is 0 Å². The van der Waals surface area contributed by atoms with Gasteiger partial charge in [0.1, 0.15) is 11.5 Å². The molecule has 2 rings (SSSR count). The van der Waals surface area contributed by atoms with E-state index >= 15 is 0 Å². The monoisotopic (exact) mass is 207 g/mol. The minimum absolute atomic E-state index is 0.359. The SMILES string of the molecule is Cc1cc(CNC2(C)CCCC2)c(C)o1. The Morgan fingerprint density at radius 2 is 2.00 bits per heavy atom. The summed E-state index contributed by atoms with van der Waals surface area (Å²) in [5.41, 5.74) is 1.66. The maximum absolute atomic E-state index is 5.52. The lowest BCUT2D eigenvalue weighted by Gasteiger charge is -2.25. The van der Waals surface area contributed by atoms with Crippen molar-refractivity contribution in [3.05, 3.63) is 23.2 Å². The van der Waals surface area contributed by atoms with Crippen molar-refractivity contribution in [1.82, 2.24) is 5.32 Å². The Kier molecular flexibility index (Phi) is 2.87. The van der Waals surface area contributed by atoms with Gasteiger partial charge in [-0.05, 0) is 39.7 Å². The first-order valence-corrected chi connectivity index (χ1v) is 5.90. The Morgan fingerprint density at radius 1 is 1.33 bits per heavy atom. The molecule has 0 radical (unpaired) electrons. The molecule has 2 nitrogen and oxygen atoms in total. The van der Waals surface area contributed by atoms with Crippen LogP contribution in [0.4, 0.5) is 0 Å². The standard InChI is InChI=1S/C13H21NO/c1-10-8-12(11(2)15-10)9-14-13(3)6-4-5-7-13/h8,14H,4-7,9H2,1-3H3. The number of nitrogens with one attached hydrogen (secondary N) is 1. The number of aryl methyl sites for hydroxylation is 2. The van der Waals surface area contributed by atoms with Gasteiger partial charge in [-0.25, -0.2) is 0 Å². The van der Waals surface area contributed by atoms with Gasteiger partial charge in [0.15, 0.2) is 0 Å². The number of hydrogen-bond acceptors (Lipinski definition) is 2. The fourth-order valence-electron chi connectivity index (χ4n) is 2.50. The molecule has 1 aliphatic carbocycles. The number of hydrogen-bond donors (Lipinski definition) is 1. The summed E-state index contributed by atoms with van der Waals surface area (Å²) in [7, 11) is 0. The number of furan rings is 1. The van der Waals surface area contributed by atoms with Gasteiger partial charge >= 0.3 is 0 Å². The van der Waals surface area contributed by atoms with Crippen LogP contribution in [0.5, 0.6) is 0 Å². The molecule has 1 saturated carbocycles. The predicted octanol–water partition coefficient (Wildman–Crippen LogP) is 3.32. The van der Waals surface area contributed by atoms with Gasteiger partial charge < -0.3 is 9.73 Å². The highest BCUT2D eigenvalue weighted by atomic mass is 16.3. The third-order valence-electron chi connectivity index (χ3n) is 3.56. The lowest BCUT2D eigenvalue weighted by Crippen LogP contribution is -2.38. The average Bonchev–Trinajstić information content (AvgIpc) is 2.71. The Balaban J connectivity index is 1.95. The average molecular weight is 207 g/mol. The van der Waals surface area contributed by atoms with Crippen LogP contribution in [0, 0.1) is 13.8 Å². The summed E-state index contributed by atoms with van der Waals surface area (Å²) in [6.07, 6.45) is 5.35. The van der Waals surface area contributed by atoms with Gasteiger partial charge in [0.05, 0.1) is 0 Å². The normalized spacial score (nSPS) is 19.7. The van der Waals surface area contributed by atoms with E-state index < -0.39 is 0 Å². The zero-order chi connectivity index (χ0) is 10.9. The summed E-state index contributed by atoms with van der Waals surface area (Å²) in [6, 6.07) is 2.14. The summed E-state index contributed by atoms with van der Waals surface area (Å²) in [5, 5.41) is 3.67. The van der Waals surface area contributed by atoms with Crippen molar-refractivity contribution in [2.45, 2.75) is 58.5 Å². The molecule has 2 heteroatoms. The van der Waals surface area contributed by atoms with Crippen LogP contribution in [0.15, 0.2) is 10.5 Å². The first-order chi connectivity index (χ1) is 7.09. The minimum atomic E-state index is 0.359. The molecule has 1 aromatic heterocycles. The molecular formula is C13H21NO. The highest BCUT2D eigenvalue weighted by molar-refractivity contribution is 5.20. The van der Waals surface area contributed by atoms with Crippen LogP contribution < -0.4 is 5.32 Å². The molecule has 0 aliphatic heterocycles. The van der Waals surface area contributed by atoms with Crippen LogP contribution in [-0.2, 0) is 6.54 Å². The van der Waals surface area contributed by atoms with Crippen molar-refractivity contribution in [2.24, 2.45) is 0 Å². The van der Waals surface area contributed by atoms with Crippen LogP contribution in [0.25, 0.3) is 0 Å². The van der Waals surface area contributed by atoms with Crippen molar-refractivity contribution in [2.75, 3.05) is 0 Å². The Hall–Kier alpha value is -0.760. The molecule has 0 unspecified atom stereocenters. The molecule has 1 aromatic rings. The van der Waals surface area contributed by atoms with Crippen LogP contribution >= 0.6 is 0 Å². The van der Waals surface area contributed by atoms with Gasteiger partial charge in [0.25, 0.3) is 0 Å². The third-order valence-corrected chi connectivity index (χ3v) is 3.56. The van der Waals surface area contributed by atoms with E-state index in [9.17, 15) is 0 Å². The number of rotatable bonds is 3. The van der Waals surface area contributed by atoms with E-state index in [1.165, 1.54) is 31.2 Å². The molecule has 84 valence electrons.